The molecule has 5 heteroatoms. The topological polar surface area (TPSA) is 67.9 Å². The molecule has 0 aliphatic rings. The third kappa shape index (κ3) is 2.90. The summed E-state index contributed by atoms with van der Waals surface area (Å²) in [6.45, 7) is 3.83. The van der Waals surface area contributed by atoms with Gasteiger partial charge in [-0.2, -0.15) is 5.26 Å². The van der Waals surface area contributed by atoms with Crippen molar-refractivity contribution >= 4 is 6.29 Å². The van der Waals surface area contributed by atoms with Gasteiger partial charge in [0.2, 0.25) is 0 Å². The Hall–Kier alpha value is -3.39. The summed E-state index contributed by atoms with van der Waals surface area (Å²) in [5.74, 6) is 1.46. The molecule has 0 spiro atoms. The lowest BCUT2D eigenvalue weighted by atomic mass is 10.1. The average Bonchev–Trinajstić information content (AvgIpc) is 2.98. The molecule has 0 radical (unpaired) electrons. The first-order chi connectivity index (χ1) is 12.1. The zero-order chi connectivity index (χ0) is 18.0. The molecule has 1 aromatic heterocycles. The van der Waals surface area contributed by atoms with Gasteiger partial charge in [-0.05, 0) is 61.9 Å². The zero-order valence-corrected chi connectivity index (χ0v) is 14.3. The van der Waals surface area contributed by atoms with Gasteiger partial charge in [0.25, 0.3) is 0 Å². The van der Waals surface area contributed by atoms with Crippen LogP contribution >= 0.6 is 0 Å². The second-order valence-corrected chi connectivity index (χ2v) is 5.70. The van der Waals surface area contributed by atoms with Crippen molar-refractivity contribution in [2.75, 3.05) is 7.11 Å². The molecule has 2 aromatic carbocycles. The van der Waals surface area contributed by atoms with E-state index in [1.54, 1.807) is 19.2 Å². The maximum atomic E-state index is 11.4. The number of benzene rings is 2. The number of aldehydes is 1. The summed E-state index contributed by atoms with van der Waals surface area (Å²) >= 11 is 0. The molecule has 3 rings (SSSR count). The van der Waals surface area contributed by atoms with Crippen molar-refractivity contribution < 1.29 is 9.53 Å². The minimum Gasteiger partial charge on any atom is -0.496 e. The van der Waals surface area contributed by atoms with Gasteiger partial charge in [0.1, 0.15) is 17.3 Å². The highest BCUT2D eigenvalue weighted by atomic mass is 16.5. The van der Waals surface area contributed by atoms with Gasteiger partial charge in [0.05, 0.1) is 24.4 Å². The molecule has 5 nitrogen and oxygen atoms in total. The first-order valence-electron chi connectivity index (χ1n) is 7.79. The van der Waals surface area contributed by atoms with E-state index in [9.17, 15) is 4.79 Å². The molecular formula is C20H17N3O2. The number of carbonyl (C=O) groups is 1. The van der Waals surface area contributed by atoms with Crippen LogP contribution in [0.4, 0.5) is 0 Å². The standard InChI is InChI=1S/C20H17N3O2/c1-13-10-17(8-9-19(13)25-3)23-14(2)18(12-24)22-20(23)16-6-4-15(11-21)5-7-16/h4-10,12H,1-3H3. The van der Waals surface area contributed by atoms with E-state index in [2.05, 4.69) is 11.1 Å². The molecule has 3 aromatic rings. The second-order valence-electron chi connectivity index (χ2n) is 5.70. The molecule has 1 heterocycles. The van der Waals surface area contributed by atoms with Gasteiger partial charge in [0.15, 0.2) is 6.29 Å². The summed E-state index contributed by atoms with van der Waals surface area (Å²) in [6, 6.07) is 15.1. The number of aryl methyl sites for hydroxylation is 1. The molecule has 0 aliphatic carbocycles. The van der Waals surface area contributed by atoms with Crippen LogP contribution in [0.2, 0.25) is 0 Å². The van der Waals surface area contributed by atoms with E-state index in [1.165, 1.54) is 0 Å². The predicted octanol–water partition coefficient (Wildman–Crippen LogP) is 3.85. The SMILES string of the molecule is COc1ccc(-n2c(-c3ccc(C#N)cc3)nc(C=O)c2C)cc1C. The van der Waals surface area contributed by atoms with Gasteiger partial charge >= 0.3 is 0 Å². The number of hydrogen-bond donors (Lipinski definition) is 0. The van der Waals surface area contributed by atoms with E-state index in [4.69, 9.17) is 10.00 Å². The van der Waals surface area contributed by atoms with E-state index in [1.807, 2.05) is 48.7 Å². The molecule has 0 unspecified atom stereocenters. The highest BCUT2D eigenvalue weighted by molar-refractivity contribution is 5.77. The molecule has 0 bridgehead atoms. The lowest BCUT2D eigenvalue weighted by molar-refractivity contribution is 0.111. The fraction of sp³-hybridized carbons (Fsp3) is 0.150. The highest BCUT2D eigenvalue weighted by Crippen LogP contribution is 2.28. The van der Waals surface area contributed by atoms with Gasteiger partial charge in [-0.3, -0.25) is 9.36 Å². The van der Waals surface area contributed by atoms with Crippen LogP contribution in [0.25, 0.3) is 17.1 Å². The fourth-order valence-electron chi connectivity index (χ4n) is 2.84. The van der Waals surface area contributed by atoms with E-state index in [0.717, 1.165) is 34.5 Å². The summed E-state index contributed by atoms with van der Waals surface area (Å²) in [5, 5.41) is 8.97. The van der Waals surface area contributed by atoms with Crippen LogP contribution < -0.4 is 4.74 Å². The van der Waals surface area contributed by atoms with E-state index in [-0.39, 0.29) is 0 Å². The molecular weight excluding hydrogens is 314 g/mol. The molecule has 0 fully saturated rings. The Morgan fingerprint density at radius 3 is 2.44 bits per heavy atom. The van der Waals surface area contributed by atoms with Crippen molar-refractivity contribution in [3.05, 3.63) is 65.0 Å². The number of nitrogens with zero attached hydrogens (tertiary/aromatic N) is 3. The number of methoxy groups -OCH3 is 1. The van der Waals surface area contributed by atoms with Crippen molar-refractivity contribution in [2.45, 2.75) is 13.8 Å². The Labute approximate surface area is 146 Å². The third-order valence-electron chi connectivity index (χ3n) is 4.16. The maximum Gasteiger partial charge on any atom is 0.170 e. The second kappa shape index (κ2) is 6.62. The van der Waals surface area contributed by atoms with Gasteiger partial charge in [-0.15, -0.1) is 0 Å². The molecule has 0 aliphatic heterocycles. The molecule has 124 valence electrons. The Balaban J connectivity index is 2.21. The number of ether oxygens (including phenoxy) is 1. The van der Waals surface area contributed by atoms with Gasteiger partial charge in [0, 0.05) is 11.3 Å². The Morgan fingerprint density at radius 2 is 1.88 bits per heavy atom. The van der Waals surface area contributed by atoms with Gasteiger partial charge in [-0.25, -0.2) is 4.98 Å². The molecule has 0 saturated heterocycles. The quantitative estimate of drug-likeness (QED) is 0.681. The summed E-state index contributed by atoms with van der Waals surface area (Å²) in [5.41, 5.74) is 4.47. The number of rotatable bonds is 4. The Kier molecular flexibility index (Phi) is 4.36. The predicted molar refractivity (Wildman–Crippen MR) is 95.1 cm³/mol. The zero-order valence-electron chi connectivity index (χ0n) is 14.3. The number of aromatic nitrogens is 2. The lowest BCUT2D eigenvalue weighted by Gasteiger charge is -2.13. The summed E-state index contributed by atoms with van der Waals surface area (Å²) in [4.78, 5) is 15.9. The first-order valence-corrected chi connectivity index (χ1v) is 7.79. The van der Waals surface area contributed by atoms with Crippen LogP contribution in [0, 0.1) is 25.2 Å². The van der Waals surface area contributed by atoms with Crippen LogP contribution in [-0.4, -0.2) is 22.9 Å². The number of nitriles is 1. The van der Waals surface area contributed by atoms with Crippen molar-refractivity contribution in [3.8, 4) is 28.9 Å². The summed E-state index contributed by atoms with van der Waals surface area (Å²) in [6.07, 6.45) is 0.759. The van der Waals surface area contributed by atoms with Crippen molar-refractivity contribution in [3.63, 3.8) is 0 Å². The third-order valence-corrected chi connectivity index (χ3v) is 4.16. The van der Waals surface area contributed by atoms with Crippen molar-refractivity contribution in [1.82, 2.24) is 9.55 Å². The van der Waals surface area contributed by atoms with Crippen molar-refractivity contribution in [2.24, 2.45) is 0 Å². The van der Waals surface area contributed by atoms with Crippen LogP contribution in [0.15, 0.2) is 42.5 Å². The minimum atomic E-state index is 0.396. The van der Waals surface area contributed by atoms with Crippen LogP contribution in [-0.2, 0) is 0 Å². The van der Waals surface area contributed by atoms with Crippen LogP contribution in [0.3, 0.4) is 0 Å². The molecule has 0 amide bonds. The summed E-state index contributed by atoms with van der Waals surface area (Å²) in [7, 11) is 1.64. The fourth-order valence-corrected chi connectivity index (χ4v) is 2.84. The smallest absolute Gasteiger partial charge is 0.170 e. The minimum absolute atomic E-state index is 0.396. The number of hydrogen-bond acceptors (Lipinski definition) is 4. The monoisotopic (exact) mass is 331 g/mol. The average molecular weight is 331 g/mol. The summed E-state index contributed by atoms with van der Waals surface area (Å²) < 4.78 is 7.26. The molecule has 0 saturated carbocycles. The maximum absolute atomic E-state index is 11.4. The molecule has 0 N–H and O–H groups in total. The van der Waals surface area contributed by atoms with E-state index in [0.29, 0.717) is 17.1 Å². The van der Waals surface area contributed by atoms with E-state index < -0.39 is 0 Å². The Bertz CT molecular complexity index is 979. The van der Waals surface area contributed by atoms with E-state index >= 15 is 0 Å². The highest BCUT2D eigenvalue weighted by Gasteiger charge is 2.17. The van der Waals surface area contributed by atoms with Crippen LogP contribution in [0.5, 0.6) is 5.75 Å². The largest absolute Gasteiger partial charge is 0.496 e. The number of imidazole rings is 1. The first kappa shape index (κ1) is 16.5. The normalized spacial score (nSPS) is 10.3. The number of carbonyl (C=O) groups excluding carboxylic acids is 1. The van der Waals surface area contributed by atoms with Crippen molar-refractivity contribution in [1.29, 1.82) is 5.26 Å². The molecule has 25 heavy (non-hydrogen) atoms. The Morgan fingerprint density at radius 1 is 1.16 bits per heavy atom. The van der Waals surface area contributed by atoms with Gasteiger partial charge < -0.3 is 4.74 Å². The van der Waals surface area contributed by atoms with Crippen LogP contribution in [0.1, 0.15) is 27.3 Å². The lowest BCUT2D eigenvalue weighted by Crippen LogP contribution is -2.01. The van der Waals surface area contributed by atoms with Gasteiger partial charge in [-0.1, -0.05) is 0 Å². The molecule has 0 atom stereocenters.